The third kappa shape index (κ3) is 7.69. The second kappa shape index (κ2) is 13.2. The SMILES string of the molecule is COCCCNC(=NCc1ccc(OC)c(OC)c1)NCc1nnc(C)n1C.I. The maximum Gasteiger partial charge on any atom is 0.191 e. The quantitative estimate of drug-likeness (QED) is 0.215. The number of halogens is 1. The van der Waals surface area contributed by atoms with E-state index in [2.05, 4.69) is 25.8 Å². The van der Waals surface area contributed by atoms with Crippen LogP contribution in [0, 0.1) is 6.92 Å². The monoisotopic (exact) mass is 518 g/mol. The molecule has 10 heteroatoms. The van der Waals surface area contributed by atoms with E-state index in [1.165, 1.54) is 0 Å². The Hall–Kier alpha value is -2.08. The molecule has 9 nitrogen and oxygen atoms in total. The molecule has 0 atom stereocenters. The molecule has 0 amide bonds. The maximum absolute atomic E-state index is 5.36. The third-order valence-corrected chi connectivity index (χ3v) is 4.28. The molecule has 2 rings (SSSR count). The highest BCUT2D eigenvalue weighted by Gasteiger charge is 2.07. The predicted molar refractivity (Wildman–Crippen MR) is 123 cm³/mol. The number of aryl methyl sites for hydroxylation is 1. The summed E-state index contributed by atoms with van der Waals surface area (Å²) in [4.78, 5) is 4.67. The Morgan fingerprint density at radius 3 is 2.48 bits per heavy atom. The van der Waals surface area contributed by atoms with Crippen LogP contribution < -0.4 is 20.1 Å². The number of methoxy groups -OCH3 is 3. The van der Waals surface area contributed by atoms with E-state index in [1.807, 2.05) is 36.7 Å². The van der Waals surface area contributed by atoms with Gasteiger partial charge in [0.25, 0.3) is 0 Å². The van der Waals surface area contributed by atoms with Crippen molar-refractivity contribution in [3.8, 4) is 11.5 Å². The second-order valence-electron chi connectivity index (χ2n) is 6.20. The Morgan fingerprint density at radius 2 is 1.86 bits per heavy atom. The van der Waals surface area contributed by atoms with Crippen LogP contribution >= 0.6 is 24.0 Å². The van der Waals surface area contributed by atoms with Crippen LogP contribution in [-0.2, 0) is 24.9 Å². The van der Waals surface area contributed by atoms with Crippen molar-refractivity contribution in [2.24, 2.45) is 12.0 Å². The molecule has 162 valence electrons. The zero-order valence-electron chi connectivity index (χ0n) is 17.7. The molecule has 1 aromatic carbocycles. The molecular weight excluding hydrogens is 487 g/mol. The fraction of sp³-hybridized carbons (Fsp3) is 0.526. The summed E-state index contributed by atoms with van der Waals surface area (Å²) >= 11 is 0. The number of rotatable bonds is 10. The molecule has 1 heterocycles. The zero-order valence-corrected chi connectivity index (χ0v) is 20.0. The van der Waals surface area contributed by atoms with Crippen LogP contribution in [0.25, 0.3) is 0 Å². The average molecular weight is 518 g/mol. The normalized spacial score (nSPS) is 11.0. The Labute approximate surface area is 189 Å². The molecule has 0 bridgehead atoms. The largest absolute Gasteiger partial charge is 0.493 e. The summed E-state index contributed by atoms with van der Waals surface area (Å²) in [6, 6.07) is 5.78. The number of guanidine groups is 1. The molecule has 0 saturated carbocycles. The van der Waals surface area contributed by atoms with Crippen LogP contribution in [0.4, 0.5) is 0 Å². The molecule has 0 saturated heterocycles. The Kier molecular flexibility index (Phi) is 11.4. The van der Waals surface area contributed by atoms with Crippen LogP contribution in [-0.4, -0.2) is 55.2 Å². The Morgan fingerprint density at radius 1 is 1.10 bits per heavy atom. The summed E-state index contributed by atoms with van der Waals surface area (Å²) in [5, 5.41) is 14.9. The van der Waals surface area contributed by atoms with Crippen molar-refractivity contribution in [1.29, 1.82) is 0 Å². The van der Waals surface area contributed by atoms with E-state index in [0.717, 1.165) is 30.2 Å². The van der Waals surface area contributed by atoms with Gasteiger partial charge in [0.05, 0.1) is 27.3 Å². The molecule has 2 aromatic rings. The van der Waals surface area contributed by atoms with Gasteiger partial charge in [0.2, 0.25) is 0 Å². The highest BCUT2D eigenvalue weighted by Crippen LogP contribution is 2.27. The molecule has 0 fully saturated rings. The number of nitrogens with zero attached hydrogens (tertiary/aromatic N) is 4. The van der Waals surface area contributed by atoms with E-state index in [4.69, 9.17) is 14.2 Å². The third-order valence-electron chi connectivity index (χ3n) is 4.28. The average Bonchev–Trinajstić information content (AvgIpc) is 3.04. The number of nitrogens with one attached hydrogen (secondary N) is 2. The molecule has 1 aromatic heterocycles. The molecule has 29 heavy (non-hydrogen) atoms. The number of aromatic nitrogens is 3. The van der Waals surface area contributed by atoms with E-state index in [0.29, 0.717) is 37.2 Å². The van der Waals surface area contributed by atoms with Gasteiger partial charge in [0.1, 0.15) is 5.82 Å². The van der Waals surface area contributed by atoms with Gasteiger partial charge in [-0.25, -0.2) is 4.99 Å². The van der Waals surface area contributed by atoms with E-state index in [-0.39, 0.29) is 24.0 Å². The van der Waals surface area contributed by atoms with Crippen LogP contribution in [0.15, 0.2) is 23.2 Å². The first-order valence-electron chi connectivity index (χ1n) is 9.16. The van der Waals surface area contributed by atoms with Crippen LogP contribution in [0.3, 0.4) is 0 Å². The van der Waals surface area contributed by atoms with Gasteiger partial charge in [0.15, 0.2) is 23.3 Å². The lowest BCUT2D eigenvalue weighted by molar-refractivity contribution is 0.195. The smallest absolute Gasteiger partial charge is 0.191 e. The second-order valence-corrected chi connectivity index (χ2v) is 6.20. The lowest BCUT2D eigenvalue weighted by atomic mass is 10.2. The first-order chi connectivity index (χ1) is 13.6. The summed E-state index contributed by atoms with van der Waals surface area (Å²) in [6.45, 7) is 4.39. The molecule has 0 spiro atoms. The van der Waals surface area contributed by atoms with Gasteiger partial charge in [-0.3, -0.25) is 0 Å². The van der Waals surface area contributed by atoms with Gasteiger partial charge in [-0.05, 0) is 31.0 Å². The minimum absolute atomic E-state index is 0. The van der Waals surface area contributed by atoms with Gasteiger partial charge < -0.3 is 29.4 Å². The van der Waals surface area contributed by atoms with E-state index in [9.17, 15) is 0 Å². The Bertz CT molecular complexity index is 781. The first kappa shape index (κ1) is 25.0. The number of hydrogen-bond donors (Lipinski definition) is 2. The number of hydrogen-bond acceptors (Lipinski definition) is 6. The molecule has 0 unspecified atom stereocenters. The topological polar surface area (TPSA) is 94.8 Å². The minimum Gasteiger partial charge on any atom is -0.493 e. The minimum atomic E-state index is 0. The van der Waals surface area contributed by atoms with E-state index < -0.39 is 0 Å². The van der Waals surface area contributed by atoms with Crippen molar-refractivity contribution < 1.29 is 14.2 Å². The van der Waals surface area contributed by atoms with Gasteiger partial charge in [-0.1, -0.05) is 6.07 Å². The zero-order chi connectivity index (χ0) is 20.4. The number of ether oxygens (including phenoxy) is 3. The van der Waals surface area contributed by atoms with Gasteiger partial charge in [-0.15, -0.1) is 34.2 Å². The highest BCUT2D eigenvalue weighted by molar-refractivity contribution is 14.0. The fourth-order valence-electron chi connectivity index (χ4n) is 2.51. The molecule has 2 N–H and O–H groups in total. The molecular formula is C19H31IN6O3. The van der Waals surface area contributed by atoms with Crippen molar-refractivity contribution in [3.05, 3.63) is 35.4 Å². The lowest BCUT2D eigenvalue weighted by Crippen LogP contribution is -2.38. The van der Waals surface area contributed by atoms with Crippen molar-refractivity contribution in [1.82, 2.24) is 25.4 Å². The van der Waals surface area contributed by atoms with Gasteiger partial charge in [0, 0.05) is 27.3 Å². The van der Waals surface area contributed by atoms with Crippen molar-refractivity contribution in [2.75, 3.05) is 34.5 Å². The highest BCUT2D eigenvalue weighted by atomic mass is 127. The Balaban J connectivity index is 0.00000420. The molecule has 0 aliphatic carbocycles. The standard InChI is InChI=1S/C19H30N6O3.HI/c1-14-23-24-18(25(14)2)13-22-19(20-9-6-10-26-3)21-12-15-7-8-16(27-4)17(11-15)28-5;/h7-8,11H,6,9-10,12-13H2,1-5H3,(H2,20,21,22);1H. The number of benzene rings is 1. The molecule has 0 aliphatic heterocycles. The van der Waals surface area contributed by atoms with Crippen molar-refractivity contribution in [2.45, 2.75) is 26.4 Å². The summed E-state index contributed by atoms with van der Waals surface area (Å²) < 4.78 is 17.7. The summed E-state index contributed by atoms with van der Waals surface area (Å²) in [5.74, 6) is 3.80. The summed E-state index contributed by atoms with van der Waals surface area (Å²) in [5.41, 5.74) is 1.02. The van der Waals surface area contributed by atoms with Crippen molar-refractivity contribution in [3.63, 3.8) is 0 Å². The molecule has 0 radical (unpaired) electrons. The van der Waals surface area contributed by atoms with Crippen LogP contribution in [0.5, 0.6) is 11.5 Å². The lowest BCUT2D eigenvalue weighted by Gasteiger charge is -2.13. The van der Waals surface area contributed by atoms with E-state index in [1.54, 1.807) is 21.3 Å². The summed E-state index contributed by atoms with van der Waals surface area (Å²) in [7, 11) is 6.88. The van der Waals surface area contributed by atoms with Crippen LogP contribution in [0.1, 0.15) is 23.6 Å². The van der Waals surface area contributed by atoms with Gasteiger partial charge in [-0.2, -0.15) is 0 Å². The predicted octanol–water partition coefficient (Wildman–Crippen LogP) is 2.03. The first-order valence-corrected chi connectivity index (χ1v) is 9.16. The van der Waals surface area contributed by atoms with Gasteiger partial charge >= 0.3 is 0 Å². The fourth-order valence-corrected chi connectivity index (χ4v) is 2.51. The summed E-state index contributed by atoms with van der Waals surface area (Å²) in [6.07, 6.45) is 0.886. The molecule has 0 aliphatic rings. The van der Waals surface area contributed by atoms with Crippen LogP contribution in [0.2, 0.25) is 0 Å². The number of aliphatic imine (C=N–C) groups is 1. The van der Waals surface area contributed by atoms with Crippen molar-refractivity contribution >= 4 is 29.9 Å². The maximum atomic E-state index is 5.36. The van der Waals surface area contributed by atoms with E-state index >= 15 is 0 Å².